The fourth-order valence-electron chi connectivity index (χ4n) is 3.65. The van der Waals surface area contributed by atoms with Gasteiger partial charge in [0.25, 0.3) is 0 Å². The first-order valence-electron chi connectivity index (χ1n) is 10.8. The standard InChI is InChI=1S/C27H25ClN2O3/c1-18(2)21-10-13-26(33-17-27(31)32)23(14-21)24-15-25(20-8-11-22(28)12-9-20)30(29-24)16-19-6-4-3-5-7-19/h3-15,18H,16-17H2,1-2H3,(H,31,32). The van der Waals surface area contributed by atoms with Crippen molar-refractivity contribution in [3.05, 3.63) is 95.0 Å². The molecule has 1 heterocycles. The molecule has 168 valence electrons. The Balaban J connectivity index is 1.83. The van der Waals surface area contributed by atoms with Crippen LogP contribution in [0, 0.1) is 0 Å². The highest BCUT2D eigenvalue weighted by Crippen LogP contribution is 2.35. The summed E-state index contributed by atoms with van der Waals surface area (Å²) in [6, 6.07) is 25.6. The van der Waals surface area contributed by atoms with Gasteiger partial charge in [-0.2, -0.15) is 5.10 Å². The molecular formula is C27H25ClN2O3. The van der Waals surface area contributed by atoms with Crippen LogP contribution in [0.2, 0.25) is 5.02 Å². The van der Waals surface area contributed by atoms with E-state index in [1.807, 2.05) is 71.4 Å². The molecule has 0 saturated carbocycles. The quantitative estimate of drug-likeness (QED) is 0.325. The third-order valence-corrected chi connectivity index (χ3v) is 5.64. The van der Waals surface area contributed by atoms with E-state index in [0.717, 1.165) is 33.6 Å². The number of nitrogens with zero attached hydrogens (tertiary/aromatic N) is 2. The Kier molecular flexibility index (Phi) is 6.80. The van der Waals surface area contributed by atoms with Crippen molar-refractivity contribution in [1.29, 1.82) is 0 Å². The van der Waals surface area contributed by atoms with Crippen molar-refractivity contribution in [2.45, 2.75) is 26.3 Å². The van der Waals surface area contributed by atoms with Crippen LogP contribution in [0.15, 0.2) is 78.9 Å². The summed E-state index contributed by atoms with van der Waals surface area (Å²) in [7, 11) is 0. The summed E-state index contributed by atoms with van der Waals surface area (Å²) in [6.07, 6.45) is 0. The number of halogens is 1. The number of aromatic nitrogens is 2. The van der Waals surface area contributed by atoms with Gasteiger partial charge < -0.3 is 9.84 Å². The van der Waals surface area contributed by atoms with Crippen LogP contribution in [-0.2, 0) is 11.3 Å². The second kappa shape index (κ2) is 9.92. The molecule has 4 rings (SSSR count). The van der Waals surface area contributed by atoms with Crippen LogP contribution in [0.5, 0.6) is 5.75 Å². The van der Waals surface area contributed by atoms with Gasteiger partial charge in [-0.05, 0) is 52.9 Å². The van der Waals surface area contributed by atoms with Gasteiger partial charge >= 0.3 is 5.97 Å². The van der Waals surface area contributed by atoms with E-state index in [1.165, 1.54) is 0 Å². The first-order chi connectivity index (χ1) is 15.9. The normalized spacial score (nSPS) is 11.0. The minimum atomic E-state index is -1.02. The number of rotatable bonds is 8. The number of carboxylic acid groups (broad SMARTS) is 1. The molecule has 0 spiro atoms. The Morgan fingerprint density at radius 1 is 1.03 bits per heavy atom. The van der Waals surface area contributed by atoms with E-state index < -0.39 is 12.6 Å². The second-order valence-electron chi connectivity index (χ2n) is 8.16. The SMILES string of the molecule is CC(C)c1ccc(OCC(=O)O)c(-c2cc(-c3ccc(Cl)cc3)n(Cc3ccccc3)n2)c1. The molecule has 1 N–H and O–H groups in total. The molecule has 0 aliphatic carbocycles. The molecule has 33 heavy (non-hydrogen) atoms. The number of hydrogen-bond acceptors (Lipinski definition) is 3. The van der Waals surface area contributed by atoms with E-state index in [1.54, 1.807) is 0 Å². The van der Waals surface area contributed by atoms with Crippen molar-refractivity contribution < 1.29 is 14.6 Å². The summed E-state index contributed by atoms with van der Waals surface area (Å²) in [5.74, 6) is -0.224. The van der Waals surface area contributed by atoms with Crippen LogP contribution in [0.25, 0.3) is 22.5 Å². The van der Waals surface area contributed by atoms with Gasteiger partial charge in [0.2, 0.25) is 0 Å². The first-order valence-corrected chi connectivity index (χ1v) is 11.1. The molecular weight excluding hydrogens is 436 g/mol. The van der Waals surface area contributed by atoms with E-state index in [2.05, 4.69) is 26.0 Å². The monoisotopic (exact) mass is 460 g/mol. The summed E-state index contributed by atoms with van der Waals surface area (Å²) >= 11 is 6.11. The maximum atomic E-state index is 11.1. The van der Waals surface area contributed by atoms with Crippen LogP contribution < -0.4 is 4.74 Å². The number of carboxylic acids is 1. The summed E-state index contributed by atoms with van der Waals surface area (Å²) in [5, 5.41) is 14.7. The van der Waals surface area contributed by atoms with Crippen molar-refractivity contribution in [1.82, 2.24) is 9.78 Å². The van der Waals surface area contributed by atoms with Crippen molar-refractivity contribution in [2.24, 2.45) is 0 Å². The Morgan fingerprint density at radius 2 is 1.76 bits per heavy atom. The molecule has 0 atom stereocenters. The number of hydrogen-bond donors (Lipinski definition) is 1. The highest BCUT2D eigenvalue weighted by molar-refractivity contribution is 6.30. The predicted molar refractivity (Wildman–Crippen MR) is 131 cm³/mol. The van der Waals surface area contributed by atoms with Gasteiger partial charge in [0, 0.05) is 10.6 Å². The molecule has 0 unspecified atom stereocenters. The molecule has 0 amide bonds. The van der Waals surface area contributed by atoms with Crippen molar-refractivity contribution in [2.75, 3.05) is 6.61 Å². The smallest absolute Gasteiger partial charge is 0.341 e. The number of aliphatic carboxylic acids is 1. The van der Waals surface area contributed by atoms with Gasteiger partial charge in [-0.1, -0.05) is 74.0 Å². The lowest BCUT2D eigenvalue weighted by atomic mass is 9.98. The van der Waals surface area contributed by atoms with E-state index in [0.29, 0.717) is 23.2 Å². The zero-order chi connectivity index (χ0) is 23.4. The Bertz CT molecular complexity index is 1250. The molecule has 5 nitrogen and oxygen atoms in total. The molecule has 6 heteroatoms. The summed E-state index contributed by atoms with van der Waals surface area (Å²) in [4.78, 5) is 11.1. The topological polar surface area (TPSA) is 64.3 Å². The maximum absolute atomic E-state index is 11.1. The Morgan fingerprint density at radius 3 is 2.42 bits per heavy atom. The molecule has 0 saturated heterocycles. The van der Waals surface area contributed by atoms with Gasteiger partial charge in [0.05, 0.1) is 17.9 Å². The molecule has 3 aromatic carbocycles. The van der Waals surface area contributed by atoms with Crippen LogP contribution in [-0.4, -0.2) is 27.5 Å². The van der Waals surface area contributed by atoms with Gasteiger partial charge in [0.15, 0.2) is 6.61 Å². The molecule has 0 radical (unpaired) electrons. The van der Waals surface area contributed by atoms with Crippen molar-refractivity contribution in [3.63, 3.8) is 0 Å². The third kappa shape index (κ3) is 5.44. The molecule has 0 aliphatic rings. The molecule has 0 aliphatic heterocycles. The summed E-state index contributed by atoms with van der Waals surface area (Å²) in [6.45, 7) is 4.41. The minimum absolute atomic E-state index is 0.305. The van der Waals surface area contributed by atoms with Crippen molar-refractivity contribution in [3.8, 4) is 28.3 Å². The van der Waals surface area contributed by atoms with Crippen LogP contribution >= 0.6 is 11.6 Å². The third-order valence-electron chi connectivity index (χ3n) is 5.39. The van der Waals surface area contributed by atoms with Gasteiger partial charge in [0.1, 0.15) is 5.75 Å². The first kappa shape index (κ1) is 22.6. The average molecular weight is 461 g/mol. The lowest BCUT2D eigenvalue weighted by molar-refractivity contribution is -0.139. The largest absolute Gasteiger partial charge is 0.481 e. The van der Waals surface area contributed by atoms with E-state index in [4.69, 9.17) is 26.5 Å². The fourth-order valence-corrected chi connectivity index (χ4v) is 3.78. The van der Waals surface area contributed by atoms with Crippen LogP contribution in [0.4, 0.5) is 0 Å². The fraction of sp³-hybridized carbons (Fsp3) is 0.185. The zero-order valence-corrected chi connectivity index (χ0v) is 19.3. The summed E-state index contributed by atoms with van der Waals surface area (Å²) in [5.41, 5.74) is 5.66. The average Bonchev–Trinajstić information content (AvgIpc) is 3.22. The lowest BCUT2D eigenvalue weighted by Crippen LogP contribution is -2.10. The van der Waals surface area contributed by atoms with Gasteiger partial charge in [-0.25, -0.2) is 4.79 Å². The van der Waals surface area contributed by atoms with E-state index in [9.17, 15) is 4.79 Å². The Hall–Kier alpha value is -3.57. The highest BCUT2D eigenvalue weighted by atomic mass is 35.5. The van der Waals surface area contributed by atoms with Crippen LogP contribution in [0.3, 0.4) is 0 Å². The number of carbonyl (C=O) groups is 1. The Labute approximate surface area is 198 Å². The van der Waals surface area contributed by atoms with Crippen LogP contribution in [0.1, 0.15) is 30.9 Å². The van der Waals surface area contributed by atoms with E-state index in [-0.39, 0.29) is 0 Å². The van der Waals surface area contributed by atoms with Gasteiger partial charge in [-0.15, -0.1) is 0 Å². The minimum Gasteiger partial charge on any atom is -0.481 e. The summed E-state index contributed by atoms with van der Waals surface area (Å²) < 4.78 is 7.57. The van der Waals surface area contributed by atoms with Crippen molar-refractivity contribution >= 4 is 17.6 Å². The van der Waals surface area contributed by atoms with Gasteiger partial charge in [-0.3, -0.25) is 4.68 Å². The predicted octanol–water partition coefficient (Wildman–Crippen LogP) is 6.51. The zero-order valence-electron chi connectivity index (χ0n) is 18.5. The van der Waals surface area contributed by atoms with E-state index >= 15 is 0 Å². The number of benzene rings is 3. The number of ether oxygens (including phenoxy) is 1. The highest BCUT2D eigenvalue weighted by Gasteiger charge is 2.17. The molecule has 1 aromatic heterocycles. The molecule has 4 aromatic rings. The molecule has 0 fully saturated rings. The maximum Gasteiger partial charge on any atom is 0.341 e. The lowest BCUT2D eigenvalue weighted by Gasteiger charge is -2.12. The molecule has 0 bridgehead atoms. The second-order valence-corrected chi connectivity index (χ2v) is 8.59.